The summed E-state index contributed by atoms with van der Waals surface area (Å²) in [6.45, 7) is 10.5. The molecule has 0 bridgehead atoms. The fourth-order valence-electron chi connectivity index (χ4n) is 3.19. The second-order valence-corrected chi connectivity index (χ2v) is 7.53. The van der Waals surface area contributed by atoms with E-state index in [-0.39, 0.29) is 13.2 Å². The summed E-state index contributed by atoms with van der Waals surface area (Å²) in [7, 11) is 3.48. The van der Waals surface area contributed by atoms with Crippen molar-refractivity contribution in [2.45, 2.75) is 52.6 Å². The van der Waals surface area contributed by atoms with Crippen LogP contribution in [0.3, 0.4) is 0 Å². The fourth-order valence-corrected chi connectivity index (χ4v) is 3.19. The van der Waals surface area contributed by atoms with Gasteiger partial charge in [-0.05, 0) is 52.6 Å². The Hall–Kier alpha value is -4.02. The molecule has 0 fully saturated rings. The summed E-state index contributed by atoms with van der Waals surface area (Å²) in [6, 6.07) is 0. The van der Waals surface area contributed by atoms with E-state index in [1.54, 1.807) is 57.4 Å². The minimum Gasteiger partial charge on any atom is -0.465 e. The SMILES string of the molecule is CCOC(=O)C(C)(N=[N+]=[N-])c1cn(C)nc1C.CCOC(=O)C(C)(N=[N+]=[N-])c1cnn(C)c1C. The average molecular weight is 475 g/mol. The van der Waals surface area contributed by atoms with E-state index in [9.17, 15) is 9.59 Å². The minimum absolute atomic E-state index is 0.231. The van der Waals surface area contributed by atoms with Gasteiger partial charge in [0.15, 0.2) is 11.1 Å². The first-order valence-corrected chi connectivity index (χ1v) is 10.4. The van der Waals surface area contributed by atoms with Gasteiger partial charge in [-0.25, -0.2) is 0 Å². The molecule has 14 nitrogen and oxygen atoms in total. The van der Waals surface area contributed by atoms with Crippen molar-refractivity contribution in [3.63, 3.8) is 0 Å². The van der Waals surface area contributed by atoms with Crippen LogP contribution in [0, 0.1) is 13.8 Å². The van der Waals surface area contributed by atoms with Gasteiger partial charge in [0.25, 0.3) is 0 Å². The van der Waals surface area contributed by atoms with E-state index in [1.165, 1.54) is 20.0 Å². The maximum absolute atomic E-state index is 11.9. The predicted molar refractivity (Wildman–Crippen MR) is 122 cm³/mol. The van der Waals surface area contributed by atoms with Crippen LogP contribution in [0.25, 0.3) is 20.9 Å². The molecule has 34 heavy (non-hydrogen) atoms. The molecule has 2 unspecified atom stereocenters. The molecule has 0 spiro atoms. The van der Waals surface area contributed by atoms with Crippen molar-refractivity contribution < 1.29 is 19.1 Å². The summed E-state index contributed by atoms with van der Waals surface area (Å²) in [5.41, 5.74) is 17.0. The third kappa shape index (κ3) is 5.85. The quantitative estimate of drug-likeness (QED) is 0.243. The Kier molecular flexibility index (Phi) is 9.66. The number of aryl methyl sites for hydroxylation is 3. The van der Waals surface area contributed by atoms with Crippen molar-refractivity contribution in [2.24, 2.45) is 24.3 Å². The van der Waals surface area contributed by atoms with Crippen LogP contribution in [0.5, 0.6) is 0 Å². The van der Waals surface area contributed by atoms with Gasteiger partial charge < -0.3 is 9.47 Å². The molecular formula is C20H30N10O4. The zero-order valence-electron chi connectivity index (χ0n) is 20.7. The first-order chi connectivity index (χ1) is 15.9. The van der Waals surface area contributed by atoms with Gasteiger partial charge in [-0.15, -0.1) is 0 Å². The van der Waals surface area contributed by atoms with Crippen molar-refractivity contribution in [3.05, 3.63) is 55.8 Å². The standard InChI is InChI=1S/2C10H15N5O2/c1-5-17-9(16)10(3,13-14-11)8-6-15(4)12-7(8)2;1-5-17-9(16)10(3,13-14-11)8-6-12-15(4)7(8)2/h2*6H,5H2,1-4H3. The number of hydrogen-bond acceptors (Lipinski definition) is 8. The first kappa shape index (κ1) is 28.0. The number of carbonyl (C=O) groups is 2. The second-order valence-electron chi connectivity index (χ2n) is 7.53. The summed E-state index contributed by atoms with van der Waals surface area (Å²) in [4.78, 5) is 29.2. The Balaban J connectivity index is 0.000000340. The van der Waals surface area contributed by atoms with E-state index >= 15 is 0 Å². The number of nitrogens with zero attached hydrogens (tertiary/aromatic N) is 10. The van der Waals surface area contributed by atoms with Gasteiger partial charge in [-0.2, -0.15) is 10.2 Å². The zero-order valence-corrected chi connectivity index (χ0v) is 20.7. The molecule has 2 aromatic rings. The average Bonchev–Trinajstić information content (AvgIpc) is 3.30. The van der Waals surface area contributed by atoms with Crippen molar-refractivity contribution in [2.75, 3.05) is 13.2 Å². The lowest BCUT2D eigenvalue weighted by Crippen LogP contribution is -2.32. The van der Waals surface area contributed by atoms with Gasteiger partial charge in [-0.3, -0.25) is 19.0 Å². The van der Waals surface area contributed by atoms with Crippen molar-refractivity contribution in [1.82, 2.24) is 19.6 Å². The Morgan fingerprint density at radius 1 is 1.00 bits per heavy atom. The molecule has 0 aliphatic carbocycles. The van der Waals surface area contributed by atoms with E-state index in [4.69, 9.17) is 20.5 Å². The lowest BCUT2D eigenvalue weighted by Gasteiger charge is -2.21. The van der Waals surface area contributed by atoms with Gasteiger partial charge in [0.2, 0.25) is 0 Å². The molecule has 0 amide bonds. The molecule has 2 atom stereocenters. The maximum atomic E-state index is 11.9. The highest BCUT2D eigenvalue weighted by atomic mass is 16.5. The monoisotopic (exact) mass is 474 g/mol. The predicted octanol–water partition coefficient (Wildman–Crippen LogP) is 3.63. The molecule has 184 valence electrons. The summed E-state index contributed by atoms with van der Waals surface area (Å²) in [6.07, 6.45) is 3.17. The third-order valence-corrected chi connectivity index (χ3v) is 5.13. The second kappa shape index (κ2) is 11.7. The first-order valence-electron chi connectivity index (χ1n) is 10.4. The molecule has 2 rings (SSSR count). The largest absolute Gasteiger partial charge is 0.465 e. The molecule has 0 saturated carbocycles. The molecule has 2 aromatic heterocycles. The highest BCUT2D eigenvalue weighted by molar-refractivity contribution is 5.83. The minimum atomic E-state index is -1.37. The number of rotatable bonds is 8. The van der Waals surface area contributed by atoms with Crippen LogP contribution in [0.1, 0.15) is 50.2 Å². The van der Waals surface area contributed by atoms with Crippen LogP contribution in [-0.2, 0) is 44.2 Å². The molecule has 0 N–H and O–H groups in total. The van der Waals surface area contributed by atoms with E-state index in [0.29, 0.717) is 16.8 Å². The molecule has 0 saturated heterocycles. The van der Waals surface area contributed by atoms with E-state index in [1.807, 2.05) is 0 Å². The lowest BCUT2D eigenvalue weighted by molar-refractivity contribution is -0.150. The molecule has 0 aromatic carbocycles. The summed E-state index contributed by atoms with van der Waals surface area (Å²) in [5, 5.41) is 15.3. The lowest BCUT2D eigenvalue weighted by atomic mass is 9.94. The number of azide groups is 2. The third-order valence-electron chi connectivity index (χ3n) is 5.13. The van der Waals surface area contributed by atoms with Crippen molar-refractivity contribution in [3.8, 4) is 0 Å². The number of carbonyl (C=O) groups excluding carboxylic acids is 2. The number of esters is 2. The van der Waals surface area contributed by atoms with Gasteiger partial charge >= 0.3 is 11.9 Å². The van der Waals surface area contributed by atoms with Crippen molar-refractivity contribution in [1.29, 1.82) is 0 Å². The number of ether oxygens (including phenoxy) is 2. The highest BCUT2D eigenvalue weighted by Crippen LogP contribution is 2.30. The molecule has 0 aliphatic rings. The fraction of sp³-hybridized carbons (Fsp3) is 0.600. The molecule has 2 heterocycles. The summed E-state index contributed by atoms with van der Waals surface area (Å²) >= 11 is 0. The van der Waals surface area contributed by atoms with E-state index in [0.717, 1.165) is 5.69 Å². The molecule has 0 aliphatic heterocycles. The normalized spacial score (nSPS) is 13.6. The molecular weight excluding hydrogens is 444 g/mol. The van der Waals surface area contributed by atoms with Gasteiger partial charge in [-0.1, -0.05) is 10.2 Å². The summed E-state index contributed by atoms with van der Waals surface area (Å²) in [5.74, 6) is -1.15. The van der Waals surface area contributed by atoms with Crippen LogP contribution in [0.4, 0.5) is 0 Å². The molecule has 0 radical (unpaired) electrons. The van der Waals surface area contributed by atoms with Crippen LogP contribution in [-0.4, -0.2) is 44.7 Å². The Morgan fingerprint density at radius 2 is 1.47 bits per heavy atom. The Morgan fingerprint density at radius 3 is 1.79 bits per heavy atom. The van der Waals surface area contributed by atoms with Gasteiger partial charge in [0.05, 0.1) is 25.1 Å². The van der Waals surface area contributed by atoms with Crippen LogP contribution >= 0.6 is 0 Å². The molecule has 14 heteroatoms. The van der Waals surface area contributed by atoms with Crippen molar-refractivity contribution >= 4 is 11.9 Å². The Bertz CT molecular complexity index is 1080. The van der Waals surface area contributed by atoms with Crippen LogP contribution in [0.2, 0.25) is 0 Å². The highest BCUT2D eigenvalue weighted by Gasteiger charge is 2.39. The number of hydrogen-bond donors (Lipinski definition) is 0. The summed E-state index contributed by atoms with van der Waals surface area (Å²) < 4.78 is 13.1. The smallest absolute Gasteiger partial charge is 0.322 e. The van der Waals surface area contributed by atoms with E-state index in [2.05, 4.69) is 30.2 Å². The van der Waals surface area contributed by atoms with Crippen LogP contribution in [0.15, 0.2) is 22.6 Å². The van der Waals surface area contributed by atoms with Gasteiger partial charge in [0.1, 0.15) is 0 Å². The maximum Gasteiger partial charge on any atom is 0.322 e. The van der Waals surface area contributed by atoms with Gasteiger partial charge in [0, 0.05) is 46.9 Å². The number of aromatic nitrogens is 4. The van der Waals surface area contributed by atoms with Crippen LogP contribution < -0.4 is 0 Å². The topological polar surface area (TPSA) is 186 Å². The van der Waals surface area contributed by atoms with E-state index < -0.39 is 23.0 Å². The zero-order chi connectivity index (χ0) is 26.1. The Labute approximate surface area is 197 Å².